The molecule has 0 spiro atoms. The van der Waals surface area contributed by atoms with Gasteiger partial charge in [0.15, 0.2) is 5.84 Å². The second kappa shape index (κ2) is 5.14. The summed E-state index contributed by atoms with van der Waals surface area (Å²) < 4.78 is 1.81. The summed E-state index contributed by atoms with van der Waals surface area (Å²) in [6, 6.07) is 9.51. The lowest BCUT2D eigenvalue weighted by Gasteiger charge is -2.07. The van der Waals surface area contributed by atoms with Gasteiger partial charge in [-0.15, -0.1) is 0 Å². The van der Waals surface area contributed by atoms with Crippen molar-refractivity contribution in [3.05, 3.63) is 41.6 Å². The molecule has 3 N–H and O–H groups in total. The zero-order chi connectivity index (χ0) is 13.1. The molecule has 1 heterocycles. The van der Waals surface area contributed by atoms with Gasteiger partial charge in [0.2, 0.25) is 0 Å². The van der Waals surface area contributed by atoms with E-state index < -0.39 is 0 Å². The normalized spacial score (nSPS) is 11.8. The molecule has 0 amide bonds. The Hall–Kier alpha value is -1.95. The van der Waals surface area contributed by atoms with Crippen LogP contribution in [0, 0.1) is 6.92 Å². The van der Waals surface area contributed by atoms with E-state index in [1.165, 1.54) is 11.8 Å². The van der Waals surface area contributed by atoms with Gasteiger partial charge in [0.25, 0.3) is 0 Å². The minimum Gasteiger partial charge on any atom is -0.409 e. The van der Waals surface area contributed by atoms with Crippen LogP contribution in [0.5, 0.6) is 0 Å². The third-order valence-electron chi connectivity index (χ3n) is 2.44. The number of nitrogens with two attached hydrogens (primary N) is 1. The second-order valence-corrected chi connectivity index (χ2v) is 4.89. The van der Waals surface area contributed by atoms with E-state index in [4.69, 9.17) is 10.9 Å². The van der Waals surface area contributed by atoms with Gasteiger partial charge in [-0.05, 0) is 19.1 Å². The fourth-order valence-corrected chi connectivity index (χ4v) is 2.67. The van der Waals surface area contributed by atoms with E-state index in [1.54, 1.807) is 0 Å². The summed E-state index contributed by atoms with van der Waals surface area (Å²) in [4.78, 5) is 0.927. The summed E-state index contributed by atoms with van der Waals surface area (Å²) in [5, 5.41) is 17.1. The van der Waals surface area contributed by atoms with Gasteiger partial charge in [0, 0.05) is 17.5 Å². The summed E-state index contributed by atoms with van der Waals surface area (Å²) in [5.41, 5.74) is 7.33. The molecule has 94 valence electrons. The SMILES string of the molecule is Cc1cc(Sc2ccccc2C(N)=NO)n(C)n1. The van der Waals surface area contributed by atoms with E-state index in [1.807, 2.05) is 49.0 Å². The van der Waals surface area contributed by atoms with Gasteiger partial charge in [-0.25, -0.2) is 0 Å². The van der Waals surface area contributed by atoms with Crippen LogP contribution in [0.15, 0.2) is 45.4 Å². The van der Waals surface area contributed by atoms with Crippen LogP contribution < -0.4 is 5.73 Å². The van der Waals surface area contributed by atoms with Gasteiger partial charge >= 0.3 is 0 Å². The molecular formula is C12H14N4OS. The Morgan fingerprint density at radius 1 is 1.44 bits per heavy atom. The first kappa shape index (κ1) is 12.5. The minimum atomic E-state index is 0.108. The maximum Gasteiger partial charge on any atom is 0.171 e. The van der Waals surface area contributed by atoms with Crippen molar-refractivity contribution in [2.45, 2.75) is 16.8 Å². The van der Waals surface area contributed by atoms with Gasteiger partial charge in [-0.2, -0.15) is 5.10 Å². The van der Waals surface area contributed by atoms with Crippen molar-refractivity contribution < 1.29 is 5.21 Å². The monoisotopic (exact) mass is 262 g/mol. The summed E-state index contributed by atoms with van der Waals surface area (Å²) in [6.07, 6.45) is 0. The summed E-state index contributed by atoms with van der Waals surface area (Å²) in [6.45, 7) is 1.94. The molecule has 0 unspecified atom stereocenters. The second-order valence-electron chi connectivity index (χ2n) is 3.83. The lowest BCUT2D eigenvalue weighted by molar-refractivity contribution is 0.318. The lowest BCUT2D eigenvalue weighted by Crippen LogP contribution is -2.14. The lowest BCUT2D eigenvalue weighted by atomic mass is 10.2. The van der Waals surface area contributed by atoms with Gasteiger partial charge in [-0.1, -0.05) is 35.1 Å². The Morgan fingerprint density at radius 3 is 2.78 bits per heavy atom. The van der Waals surface area contributed by atoms with Crippen LogP contribution in [0.25, 0.3) is 0 Å². The number of aromatic nitrogens is 2. The number of nitrogens with zero attached hydrogens (tertiary/aromatic N) is 3. The van der Waals surface area contributed by atoms with Crippen molar-refractivity contribution in [1.29, 1.82) is 0 Å². The molecular weight excluding hydrogens is 248 g/mol. The third-order valence-corrected chi connectivity index (χ3v) is 3.61. The molecule has 0 aliphatic heterocycles. The maximum absolute atomic E-state index is 8.77. The zero-order valence-corrected chi connectivity index (χ0v) is 11.0. The zero-order valence-electron chi connectivity index (χ0n) is 10.2. The maximum atomic E-state index is 8.77. The van der Waals surface area contributed by atoms with Crippen LogP contribution >= 0.6 is 11.8 Å². The Bertz CT molecular complexity index is 592. The van der Waals surface area contributed by atoms with Gasteiger partial charge in [0.1, 0.15) is 0 Å². The molecule has 0 saturated heterocycles. The largest absolute Gasteiger partial charge is 0.409 e. The first-order valence-electron chi connectivity index (χ1n) is 5.37. The number of rotatable bonds is 3. The number of benzene rings is 1. The molecule has 0 aliphatic rings. The Labute approximate surface area is 109 Å². The average Bonchev–Trinajstić information content (AvgIpc) is 2.67. The van der Waals surface area contributed by atoms with Crippen molar-refractivity contribution in [3.63, 3.8) is 0 Å². The van der Waals surface area contributed by atoms with Crippen molar-refractivity contribution in [2.75, 3.05) is 0 Å². The number of oxime groups is 1. The molecule has 2 aromatic rings. The fourth-order valence-electron chi connectivity index (χ4n) is 1.62. The number of amidine groups is 1. The van der Waals surface area contributed by atoms with Crippen LogP contribution in [-0.2, 0) is 7.05 Å². The van der Waals surface area contributed by atoms with Crippen LogP contribution in [0.4, 0.5) is 0 Å². The van der Waals surface area contributed by atoms with Crippen LogP contribution in [0.3, 0.4) is 0 Å². The molecule has 1 aromatic carbocycles. The molecule has 0 fully saturated rings. The number of aryl methyl sites for hydroxylation is 2. The summed E-state index contributed by atoms with van der Waals surface area (Å²) in [7, 11) is 1.89. The molecule has 1 aromatic heterocycles. The Morgan fingerprint density at radius 2 is 2.17 bits per heavy atom. The van der Waals surface area contributed by atoms with E-state index >= 15 is 0 Å². The van der Waals surface area contributed by atoms with Gasteiger partial charge in [0.05, 0.1) is 10.7 Å². The van der Waals surface area contributed by atoms with Gasteiger partial charge in [-0.3, -0.25) is 4.68 Å². The molecule has 18 heavy (non-hydrogen) atoms. The van der Waals surface area contributed by atoms with Gasteiger partial charge < -0.3 is 10.9 Å². The Balaban J connectivity index is 2.38. The first-order chi connectivity index (χ1) is 8.61. The smallest absolute Gasteiger partial charge is 0.171 e. The predicted octanol–water partition coefficient (Wildman–Crippen LogP) is 1.97. The summed E-state index contributed by atoms with van der Waals surface area (Å²) in [5.74, 6) is 0.108. The molecule has 5 nitrogen and oxygen atoms in total. The van der Waals surface area contributed by atoms with Crippen LogP contribution in [0.2, 0.25) is 0 Å². The Kier molecular flexibility index (Phi) is 3.57. The third kappa shape index (κ3) is 2.48. The fraction of sp³-hybridized carbons (Fsp3) is 0.167. The molecule has 0 saturated carbocycles. The highest BCUT2D eigenvalue weighted by Crippen LogP contribution is 2.30. The number of hydrogen-bond donors (Lipinski definition) is 2. The molecule has 0 aliphatic carbocycles. The van der Waals surface area contributed by atoms with Crippen LogP contribution in [0.1, 0.15) is 11.3 Å². The van der Waals surface area contributed by atoms with E-state index in [-0.39, 0.29) is 5.84 Å². The van der Waals surface area contributed by atoms with Crippen molar-refractivity contribution in [1.82, 2.24) is 9.78 Å². The standard InChI is InChI=1S/C12H14N4OS/c1-8-7-11(16(2)14-8)18-10-6-4-3-5-9(10)12(13)15-17/h3-7,17H,1-2H3,(H2,13,15). The highest BCUT2D eigenvalue weighted by atomic mass is 32.2. The molecule has 0 bridgehead atoms. The minimum absolute atomic E-state index is 0.108. The van der Waals surface area contributed by atoms with E-state index in [2.05, 4.69) is 10.3 Å². The average molecular weight is 262 g/mol. The van der Waals surface area contributed by atoms with Crippen LogP contribution in [-0.4, -0.2) is 20.8 Å². The van der Waals surface area contributed by atoms with E-state index in [0.29, 0.717) is 5.56 Å². The highest BCUT2D eigenvalue weighted by Gasteiger charge is 2.10. The summed E-state index contributed by atoms with van der Waals surface area (Å²) >= 11 is 1.53. The van der Waals surface area contributed by atoms with E-state index in [9.17, 15) is 0 Å². The predicted molar refractivity (Wildman–Crippen MR) is 71.0 cm³/mol. The molecule has 2 rings (SSSR count). The van der Waals surface area contributed by atoms with Crippen molar-refractivity contribution >= 4 is 17.6 Å². The van der Waals surface area contributed by atoms with E-state index in [0.717, 1.165) is 15.6 Å². The molecule has 0 atom stereocenters. The first-order valence-corrected chi connectivity index (χ1v) is 6.19. The quantitative estimate of drug-likeness (QED) is 0.384. The van der Waals surface area contributed by atoms with Crippen molar-refractivity contribution in [2.24, 2.45) is 17.9 Å². The highest BCUT2D eigenvalue weighted by molar-refractivity contribution is 7.99. The number of hydrogen-bond acceptors (Lipinski definition) is 4. The molecule has 6 heteroatoms. The van der Waals surface area contributed by atoms with Crippen molar-refractivity contribution in [3.8, 4) is 0 Å². The topological polar surface area (TPSA) is 76.4 Å². The molecule has 0 radical (unpaired) electrons.